The summed E-state index contributed by atoms with van der Waals surface area (Å²) in [4.78, 5) is 47.3. The third-order valence-corrected chi connectivity index (χ3v) is 5.28. The first-order chi connectivity index (χ1) is 14.7. The second-order valence-corrected chi connectivity index (χ2v) is 7.88. The van der Waals surface area contributed by atoms with Crippen LogP contribution in [0.1, 0.15) is 43.0 Å². The van der Waals surface area contributed by atoms with Crippen LogP contribution in [0.4, 0.5) is 5.69 Å². The number of hydrogen-bond donors (Lipinski definition) is 1. The zero-order chi connectivity index (χ0) is 22.3. The van der Waals surface area contributed by atoms with Gasteiger partial charge in [0.25, 0.3) is 11.8 Å². The summed E-state index contributed by atoms with van der Waals surface area (Å²) in [7, 11) is 1.45. The number of nitrogens with one attached hydrogen (secondary N) is 1. The molecule has 0 atom stereocenters. The fourth-order valence-corrected chi connectivity index (χ4v) is 3.87. The zero-order valence-electron chi connectivity index (χ0n) is 17.8. The lowest BCUT2D eigenvalue weighted by atomic mass is 9.97. The highest BCUT2D eigenvalue weighted by Gasteiger charge is 2.35. The summed E-state index contributed by atoms with van der Waals surface area (Å²) in [5.74, 6) is -1.00. The molecule has 7 heteroatoms. The summed E-state index contributed by atoms with van der Waals surface area (Å²) in [5, 5.41) is 2.84. The Bertz CT molecular complexity index is 1250. The maximum atomic E-state index is 12.7. The number of benzene rings is 1. The highest BCUT2D eigenvalue weighted by atomic mass is 16.2. The van der Waals surface area contributed by atoms with Crippen molar-refractivity contribution in [2.75, 3.05) is 12.4 Å². The van der Waals surface area contributed by atoms with Crippen LogP contribution in [-0.4, -0.2) is 39.6 Å². The van der Waals surface area contributed by atoms with Gasteiger partial charge in [0.2, 0.25) is 5.91 Å². The molecule has 3 aromatic rings. The van der Waals surface area contributed by atoms with Crippen molar-refractivity contribution < 1.29 is 14.4 Å². The summed E-state index contributed by atoms with van der Waals surface area (Å²) in [6.07, 6.45) is 5.13. The second-order valence-electron chi connectivity index (χ2n) is 7.88. The number of amides is 3. The van der Waals surface area contributed by atoms with E-state index < -0.39 is 0 Å². The molecule has 1 aliphatic heterocycles. The monoisotopic (exact) mass is 414 g/mol. The highest BCUT2D eigenvalue weighted by molar-refractivity contribution is 6.22. The van der Waals surface area contributed by atoms with E-state index in [0.717, 1.165) is 32.8 Å². The molecule has 0 fully saturated rings. The predicted octanol–water partition coefficient (Wildman–Crippen LogP) is 3.48. The van der Waals surface area contributed by atoms with Gasteiger partial charge in [-0.15, -0.1) is 0 Å². The molecule has 2 aromatic heterocycles. The van der Waals surface area contributed by atoms with Crippen molar-refractivity contribution in [3.8, 4) is 11.3 Å². The minimum atomic E-state index is -0.378. The molecule has 3 heterocycles. The molecule has 1 aromatic carbocycles. The Morgan fingerprint density at radius 1 is 0.968 bits per heavy atom. The van der Waals surface area contributed by atoms with Crippen LogP contribution in [0.5, 0.6) is 0 Å². The number of carbonyl (C=O) groups is 3. The van der Waals surface area contributed by atoms with E-state index in [4.69, 9.17) is 0 Å². The fourth-order valence-electron chi connectivity index (χ4n) is 3.87. The van der Waals surface area contributed by atoms with Crippen LogP contribution < -0.4 is 5.32 Å². The standard InChI is InChI=1S/C24H22N4O3/c1-13-5-16(21-19(7-13)23(30)28(4)24(21)31)9-20(29)27-18-8-15(3)22(26-12-18)17-6-14(2)10-25-11-17/h5-8,10-12H,9H2,1-4H3,(H,27,29). The Morgan fingerprint density at radius 2 is 1.74 bits per heavy atom. The second kappa shape index (κ2) is 7.75. The first-order valence-electron chi connectivity index (χ1n) is 9.89. The molecule has 0 aliphatic carbocycles. The lowest BCUT2D eigenvalue weighted by Crippen LogP contribution is -2.24. The Morgan fingerprint density at radius 3 is 2.45 bits per heavy atom. The molecule has 1 N–H and O–H groups in total. The van der Waals surface area contributed by atoms with Crippen LogP contribution in [0.2, 0.25) is 0 Å². The Balaban J connectivity index is 1.56. The molecule has 0 saturated carbocycles. The van der Waals surface area contributed by atoms with Crippen molar-refractivity contribution in [1.82, 2.24) is 14.9 Å². The van der Waals surface area contributed by atoms with Gasteiger partial charge in [-0.1, -0.05) is 6.07 Å². The molecule has 156 valence electrons. The molecule has 0 radical (unpaired) electrons. The minimum Gasteiger partial charge on any atom is -0.324 e. The third-order valence-electron chi connectivity index (χ3n) is 5.28. The van der Waals surface area contributed by atoms with Crippen molar-refractivity contribution in [2.45, 2.75) is 27.2 Å². The van der Waals surface area contributed by atoms with E-state index >= 15 is 0 Å². The maximum absolute atomic E-state index is 12.7. The number of anilines is 1. The SMILES string of the molecule is Cc1cncc(-c2ncc(NC(=O)Cc3cc(C)cc4c3C(=O)N(C)C4=O)cc2C)c1. The van der Waals surface area contributed by atoms with Crippen LogP contribution in [-0.2, 0) is 11.2 Å². The van der Waals surface area contributed by atoms with Crippen molar-refractivity contribution in [3.05, 3.63) is 76.2 Å². The number of pyridine rings is 2. The van der Waals surface area contributed by atoms with Gasteiger partial charge in [0.1, 0.15) is 0 Å². The quantitative estimate of drug-likeness (QED) is 0.660. The van der Waals surface area contributed by atoms with Gasteiger partial charge >= 0.3 is 0 Å². The smallest absolute Gasteiger partial charge is 0.261 e. The van der Waals surface area contributed by atoms with Crippen LogP contribution in [0, 0.1) is 20.8 Å². The van der Waals surface area contributed by atoms with Crippen molar-refractivity contribution in [2.24, 2.45) is 0 Å². The highest BCUT2D eigenvalue weighted by Crippen LogP contribution is 2.28. The van der Waals surface area contributed by atoms with E-state index in [1.54, 1.807) is 30.7 Å². The molecule has 7 nitrogen and oxygen atoms in total. The topological polar surface area (TPSA) is 92.3 Å². The average Bonchev–Trinajstić information content (AvgIpc) is 2.92. The molecule has 4 rings (SSSR count). The lowest BCUT2D eigenvalue weighted by Gasteiger charge is -2.11. The van der Waals surface area contributed by atoms with Crippen molar-refractivity contribution >= 4 is 23.4 Å². The van der Waals surface area contributed by atoms with E-state index in [9.17, 15) is 14.4 Å². The number of aromatic nitrogens is 2. The van der Waals surface area contributed by atoms with E-state index in [1.807, 2.05) is 32.9 Å². The Kier molecular flexibility index (Phi) is 5.10. The molecule has 0 unspecified atom stereocenters. The van der Waals surface area contributed by atoms with Gasteiger partial charge in [0, 0.05) is 25.0 Å². The average molecular weight is 414 g/mol. The molecule has 3 amide bonds. The molecule has 0 bridgehead atoms. The van der Waals surface area contributed by atoms with E-state index in [-0.39, 0.29) is 24.1 Å². The molecule has 1 aliphatic rings. The van der Waals surface area contributed by atoms with E-state index in [0.29, 0.717) is 22.4 Å². The van der Waals surface area contributed by atoms with E-state index in [2.05, 4.69) is 15.3 Å². The van der Waals surface area contributed by atoms with E-state index in [1.165, 1.54) is 7.05 Å². The number of imide groups is 1. The fraction of sp³-hybridized carbons (Fsp3) is 0.208. The Hall–Kier alpha value is -3.87. The molecular weight excluding hydrogens is 392 g/mol. The molecular formula is C24H22N4O3. The van der Waals surface area contributed by atoms with Crippen molar-refractivity contribution in [1.29, 1.82) is 0 Å². The van der Waals surface area contributed by atoms with Gasteiger partial charge < -0.3 is 5.32 Å². The summed E-state index contributed by atoms with van der Waals surface area (Å²) < 4.78 is 0. The van der Waals surface area contributed by atoms with Crippen LogP contribution in [0.15, 0.2) is 42.9 Å². The zero-order valence-corrected chi connectivity index (χ0v) is 17.8. The van der Waals surface area contributed by atoms with Crippen molar-refractivity contribution in [3.63, 3.8) is 0 Å². The van der Waals surface area contributed by atoms with Gasteiger partial charge in [-0.05, 0) is 61.2 Å². The molecule has 0 saturated heterocycles. The van der Waals surface area contributed by atoms with Gasteiger partial charge in [-0.25, -0.2) is 0 Å². The van der Waals surface area contributed by atoms with Gasteiger partial charge in [-0.2, -0.15) is 0 Å². The Labute approximate surface area is 180 Å². The largest absolute Gasteiger partial charge is 0.324 e. The summed E-state index contributed by atoms with van der Waals surface area (Å²) >= 11 is 0. The van der Waals surface area contributed by atoms with Crippen LogP contribution in [0.3, 0.4) is 0 Å². The number of nitrogens with zero attached hydrogens (tertiary/aromatic N) is 3. The summed E-state index contributed by atoms with van der Waals surface area (Å²) in [6, 6.07) is 7.33. The number of carbonyl (C=O) groups excluding carboxylic acids is 3. The lowest BCUT2D eigenvalue weighted by molar-refractivity contribution is -0.115. The van der Waals surface area contributed by atoms with Crippen LogP contribution in [0.25, 0.3) is 11.3 Å². The first-order valence-corrected chi connectivity index (χ1v) is 9.89. The minimum absolute atomic E-state index is 0.0144. The number of fused-ring (bicyclic) bond motifs is 1. The predicted molar refractivity (Wildman–Crippen MR) is 117 cm³/mol. The van der Waals surface area contributed by atoms with Gasteiger partial charge in [0.15, 0.2) is 0 Å². The molecule has 31 heavy (non-hydrogen) atoms. The third kappa shape index (κ3) is 3.82. The maximum Gasteiger partial charge on any atom is 0.261 e. The number of rotatable bonds is 4. The summed E-state index contributed by atoms with van der Waals surface area (Å²) in [5.41, 5.74) is 6.26. The first kappa shape index (κ1) is 20.4. The van der Waals surface area contributed by atoms with Crippen LogP contribution >= 0.6 is 0 Å². The normalized spacial score (nSPS) is 12.8. The number of aryl methyl sites for hydroxylation is 3. The summed E-state index contributed by atoms with van der Waals surface area (Å²) in [6.45, 7) is 5.73. The van der Waals surface area contributed by atoms with Gasteiger partial charge in [-0.3, -0.25) is 29.3 Å². The van der Waals surface area contributed by atoms with Gasteiger partial charge in [0.05, 0.1) is 35.1 Å². The molecule has 0 spiro atoms. The number of hydrogen-bond acceptors (Lipinski definition) is 5.